The fourth-order valence-electron chi connectivity index (χ4n) is 4.01. The first-order valence-electron chi connectivity index (χ1n) is 10.8. The Morgan fingerprint density at radius 1 is 1.20 bits per heavy atom. The number of hydrogen-bond acceptors (Lipinski definition) is 5. The van der Waals surface area contributed by atoms with E-state index in [2.05, 4.69) is 51.0 Å². The number of rotatable bonds is 8. The molecule has 0 unspecified atom stereocenters. The van der Waals surface area contributed by atoms with Gasteiger partial charge in [-0.15, -0.1) is 23.5 Å². The molecule has 7 heteroatoms. The summed E-state index contributed by atoms with van der Waals surface area (Å²) in [6.07, 6.45) is 2.10. The minimum atomic E-state index is -0.0182. The van der Waals surface area contributed by atoms with Gasteiger partial charge in [0.2, 0.25) is 0 Å². The first kappa shape index (κ1) is 23.1. The van der Waals surface area contributed by atoms with E-state index in [0.29, 0.717) is 22.5 Å². The molecule has 30 heavy (non-hydrogen) atoms. The molecule has 1 saturated heterocycles. The Hall–Kier alpha value is -1.60. The summed E-state index contributed by atoms with van der Waals surface area (Å²) in [7, 11) is 0. The Morgan fingerprint density at radius 2 is 1.90 bits per heavy atom. The predicted octanol–water partition coefficient (Wildman–Crippen LogP) is 4.88. The van der Waals surface area contributed by atoms with Gasteiger partial charge in [-0.3, -0.25) is 9.48 Å². The molecule has 0 spiro atoms. The van der Waals surface area contributed by atoms with Crippen molar-refractivity contribution in [1.82, 2.24) is 14.7 Å². The van der Waals surface area contributed by atoms with E-state index < -0.39 is 0 Å². The molecule has 1 aromatic carbocycles. The Kier molecular flexibility index (Phi) is 7.80. The number of nitrogens with zero attached hydrogens (tertiary/aromatic N) is 3. The molecule has 2 N–H and O–H groups in total. The number of likely N-dealkylation sites (tertiary alicyclic amines) is 1. The van der Waals surface area contributed by atoms with Gasteiger partial charge < -0.3 is 10.6 Å². The summed E-state index contributed by atoms with van der Waals surface area (Å²) in [5.41, 5.74) is 11.9. The summed E-state index contributed by atoms with van der Waals surface area (Å²) >= 11 is 3.89. The van der Waals surface area contributed by atoms with Gasteiger partial charge in [-0.1, -0.05) is 32.0 Å². The molecule has 1 atom stereocenters. The van der Waals surface area contributed by atoms with Crippen LogP contribution in [0.5, 0.6) is 0 Å². The summed E-state index contributed by atoms with van der Waals surface area (Å²) in [5.74, 6) is 2.10. The number of nitrogens with two attached hydrogens (primary N) is 1. The topological polar surface area (TPSA) is 64.2 Å². The lowest BCUT2D eigenvalue weighted by molar-refractivity contribution is 0.0740. The molecule has 1 amide bonds. The van der Waals surface area contributed by atoms with Crippen molar-refractivity contribution in [2.45, 2.75) is 64.6 Å². The number of amides is 1. The highest BCUT2D eigenvalue weighted by molar-refractivity contribution is 8.17. The van der Waals surface area contributed by atoms with E-state index in [1.165, 1.54) is 16.7 Å². The van der Waals surface area contributed by atoms with E-state index in [4.69, 9.17) is 5.73 Å². The van der Waals surface area contributed by atoms with Crippen LogP contribution in [0.15, 0.2) is 18.2 Å². The van der Waals surface area contributed by atoms with Crippen LogP contribution in [0.25, 0.3) is 0 Å². The zero-order valence-electron chi connectivity index (χ0n) is 18.8. The summed E-state index contributed by atoms with van der Waals surface area (Å²) in [5, 5.41) is 4.67. The fourth-order valence-corrected chi connectivity index (χ4v) is 6.88. The monoisotopic (exact) mass is 446 g/mol. The molecule has 1 aliphatic rings. The Morgan fingerprint density at radius 3 is 2.53 bits per heavy atom. The number of hydrogen-bond donors (Lipinski definition) is 1. The van der Waals surface area contributed by atoms with Crippen molar-refractivity contribution in [1.29, 1.82) is 0 Å². The Bertz CT molecular complexity index is 890. The quantitative estimate of drug-likeness (QED) is 0.586. The van der Waals surface area contributed by atoms with Gasteiger partial charge in [0.1, 0.15) is 0 Å². The number of nitrogen functional groups attached to an aromatic ring is 1. The van der Waals surface area contributed by atoms with Crippen molar-refractivity contribution in [3.05, 3.63) is 46.3 Å². The summed E-state index contributed by atoms with van der Waals surface area (Å²) in [6.45, 7) is 12.0. The highest BCUT2D eigenvalue weighted by Crippen LogP contribution is 2.36. The lowest BCUT2D eigenvalue weighted by atomic mass is 10.1. The molecule has 5 nitrogen and oxygen atoms in total. The van der Waals surface area contributed by atoms with Gasteiger partial charge in [-0.25, -0.2) is 0 Å². The molecule has 0 saturated carbocycles. The van der Waals surface area contributed by atoms with Crippen molar-refractivity contribution >= 4 is 35.1 Å². The second-order valence-corrected chi connectivity index (χ2v) is 11.0. The number of anilines is 1. The molecule has 164 valence electrons. The van der Waals surface area contributed by atoms with Crippen LogP contribution in [-0.4, -0.2) is 49.3 Å². The van der Waals surface area contributed by atoms with Gasteiger partial charge in [0.05, 0.1) is 28.5 Å². The van der Waals surface area contributed by atoms with Crippen molar-refractivity contribution < 1.29 is 4.79 Å². The molecule has 2 aromatic rings. The molecule has 0 aliphatic carbocycles. The maximum Gasteiger partial charge on any atom is 0.276 e. The van der Waals surface area contributed by atoms with E-state index >= 15 is 0 Å². The lowest BCUT2D eigenvalue weighted by Gasteiger charge is -2.30. The van der Waals surface area contributed by atoms with Gasteiger partial charge in [0.25, 0.3) is 5.91 Å². The Balaban J connectivity index is 1.83. The first-order chi connectivity index (χ1) is 14.4. The molecule has 0 radical (unpaired) electrons. The van der Waals surface area contributed by atoms with E-state index in [0.717, 1.165) is 36.6 Å². The van der Waals surface area contributed by atoms with Crippen molar-refractivity contribution in [3.8, 4) is 0 Å². The second-order valence-electron chi connectivity index (χ2n) is 7.91. The molecular weight excluding hydrogens is 412 g/mol. The van der Waals surface area contributed by atoms with Crippen LogP contribution in [0, 0.1) is 20.8 Å². The van der Waals surface area contributed by atoms with Crippen LogP contribution >= 0.6 is 23.5 Å². The van der Waals surface area contributed by atoms with Crippen LogP contribution in [0.3, 0.4) is 0 Å². The SMILES string of the molecule is CCSC(SCC)[C@@H]1CCCN1C(=O)c1nn(Cc2ccc(C)c(C)c2)c(C)c1N. The zero-order valence-corrected chi connectivity index (χ0v) is 20.4. The smallest absolute Gasteiger partial charge is 0.276 e. The number of aromatic nitrogens is 2. The molecule has 1 aromatic heterocycles. The number of aryl methyl sites for hydroxylation is 2. The third kappa shape index (κ3) is 4.83. The summed E-state index contributed by atoms with van der Waals surface area (Å²) in [4.78, 5) is 15.5. The zero-order chi connectivity index (χ0) is 21.8. The summed E-state index contributed by atoms with van der Waals surface area (Å²) in [6, 6.07) is 6.67. The van der Waals surface area contributed by atoms with E-state index in [1.807, 2.05) is 40.0 Å². The van der Waals surface area contributed by atoms with Crippen LogP contribution in [0.1, 0.15) is 59.6 Å². The lowest BCUT2D eigenvalue weighted by Crippen LogP contribution is -2.41. The van der Waals surface area contributed by atoms with Gasteiger partial charge in [-0.2, -0.15) is 5.10 Å². The predicted molar refractivity (Wildman–Crippen MR) is 131 cm³/mol. The normalized spacial score (nSPS) is 16.6. The van der Waals surface area contributed by atoms with Crippen LogP contribution < -0.4 is 5.73 Å². The van der Waals surface area contributed by atoms with Gasteiger partial charge >= 0.3 is 0 Å². The van der Waals surface area contributed by atoms with Crippen molar-refractivity contribution in [3.63, 3.8) is 0 Å². The molecule has 2 heterocycles. The number of carbonyl (C=O) groups excluding carboxylic acids is 1. The van der Waals surface area contributed by atoms with Crippen LogP contribution in [-0.2, 0) is 6.54 Å². The third-order valence-electron chi connectivity index (χ3n) is 5.90. The highest BCUT2D eigenvalue weighted by Gasteiger charge is 2.37. The number of carbonyl (C=O) groups is 1. The minimum Gasteiger partial charge on any atom is -0.395 e. The third-order valence-corrected chi connectivity index (χ3v) is 8.66. The number of benzene rings is 1. The molecular formula is C23H34N4OS2. The second kappa shape index (κ2) is 10.1. The average Bonchev–Trinajstić information content (AvgIpc) is 3.31. The highest BCUT2D eigenvalue weighted by atomic mass is 32.2. The molecule has 0 bridgehead atoms. The van der Waals surface area contributed by atoms with Gasteiger partial charge in [0, 0.05) is 6.54 Å². The molecule has 1 aliphatic heterocycles. The molecule has 3 rings (SSSR count). The maximum absolute atomic E-state index is 13.5. The van der Waals surface area contributed by atoms with Gasteiger partial charge in [0.15, 0.2) is 5.69 Å². The standard InChI is InChI=1S/C23H34N4OS2/c1-6-29-23(30-7-2)19-9-8-12-26(19)22(28)21-20(24)17(5)27(25-21)14-18-11-10-15(3)16(4)13-18/h10-11,13,19,23H,6-9,12,14,24H2,1-5H3/t19-/m0/s1. The van der Waals surface area contributed by atoms with Crippen molar-refractivity contribution in [2.24, 2.45) is 0 Å². The van der Waals surface area contributed by atoms with Crippen LogP contribution in [0.2, 0.25) is 0 Å². The largest absolute Gasteiger partial charge is 0.395 e. The first-order valence-corrected chi connectivity index (χ1v) is 12.9. The van der Waals surface area contributed by atoms with E-state index in [9.17, 15) is 4.79 Å². The van der Waals surface area contributed by atoms with Crippen LogP contribution in [0.4, 0.5) is 5.69 Å². The van der Waals surface area contributed by atoms with E-state index in [-0.39, 0.29) is 11.9 Å². The minimum absolute atomic E-state index is 0.0182. The average molecular weight is 447 g/mol. The number of thioether (sulfide) groups is 2. The molecule has 1 fully saturated rings. The summed E-state index contributed by atoms with van der Waals surface area (Å²) < 4.78 is 2.28. The maximum atomic E-state index is 13.5. The van der Waals surface area contributed by atoms with Gasteiger partial charge in [-0.05, 0) is 61.8 Å². The van der Waals surface area contributed by atoms with Crippen molar-refractivity contribution in [2.75, 3.05) is 23.8 Å². The Labute approximate surface area is 189 Å². The van der Waals surface area contributed by atoms with E-state index in [1.54, 1.807) is 0 Å². The fraction of sp³-hybridized carbons (Fsp3) is 0.565.